The molecule has 0 saturated carbocycles. The number of imide groups is 1. The Hall–Kier alpha value is -0.900. The van der Waals surface area contributed by atoms with E-state index in [1.165, 1.54) is 11.8 Å². The predicted molar refractivity (Wildman–Crippen MR) is 51.2 cm³/mol. The van der Waals surface area contributed by atoms with Gasteiger partial charge in [-0.2, -0.15) is 0 Å². The fourth-order valence-electron chi connectivity index (χ4n) is 0.954. The molecule has 0 saturated heterocycles. The molecule has 0 aliphatic rings. The second-order valence-electron chi connectivity index (χ2n) is 3.44. The summed E-state index contributed by atoms with van der Waals surface area (Å²) in [5.74, 6) is -0.402. The van der Waals surface area contributed by atoms with E-state index in [9.17, 15) is 9.59 Å². The largest absolute Gasteiger partial charge is 0.307 e. The van der Waals surface area contributed by atoms with Crippen molar-refractivity contribution in [3.8, 4) is 0 Å². The molecule has 0 bridgehead atoms. The molecule has 0 aromatic rings. The molecule has 13 heavy (non-hydrogen) atoms. The van der Waals surface area contributed by atoms with Gasteiger partial charge in [0.1, 0.15) is 0 Å². The van der Waals surface area contributed by atoms with Crippen LogP contribution in [0.4, 0.5) is 0 Å². The normalized spacial score (nSPS) is 11.2. The van der Waals surface area contributed by atoms with Gasteiger partial charge in [0.25, 0.3) is 0 Å². The predicted octanol–water partition coefficient (Wildman–Crippen LogP) is 0.379. The zero-order chi connectivity index (χ0) is 10.6. The molecule has 76 valence electrons. The Labute approximate surface area is 79.3 Å². The Bertz CT molecular complexity index is 212. The molecule has 1 N–H and O–H groups in total. The molecule has 0 atom stereocenters. The van der Waals surface area contributed by atoms with Gasteiger partial charge in [0.15, 0.2) is 0 Å². The Kier molecular flexibility index (Phi) is 4.07. The van der Waals surface area contributed by atoms with Crippen molar-refractivity contribution >= 4 is 11.8 Å². The molecule has 4 heteroatoms. The fourth-order valence-corrected chi connectivity index (χ4v) is 0.954. The van der Waals surface area contributed by atoms with Gasteiger partial charge in [-0.15, -0.1) is 0 Å². The third kappa shape index (κ3) is 2.81. The van der Waals surface area contributed by atoms with E-state index >= 15 is 0 Å². The van der Waals surface area contributed by atoms with E-state index in [0.717, 1.165) is 0 Å². The lowest BCUT2D eigenvalue weighted by atomic mass is 10.0. The third-order valence-electron chi connectivity index (χ3n) is 2.10. The van der Waals surface area contributed by atoms with Crippen LogP contribution in [0.25, 0.3) is 0 Å². The number of nitrogens with zero attached hydrogens (tertiary/aromatic N) is 1. The van der Waals surface area contributed by atoms with Gasteiger partial charge in [-0.05, 0) is 27.8 Å². The van der Waals surface area contributed by atoms with Gasteiger partial charge in [0.05, 0.1) is 5.54 Å². The monoisotopic (exact) mass is 186 g/mol. The average molecular weight is 186 g/mol. The van der Waals surface area contributed by atoms with Gasteiger partial charge >= 0.3 is 0 Å². The summed E-state index contributed by atoms with van der Waals surface area (Å²) in [4.78, 5) is 24.0. The number of amides is 2. The first-order valence-corrected chi connectivity index (χ1v) is 4.38. The number of rotatable bonds is 3. The molecule has 0 rings (SSSR count). The van der Waals surface area contributed by atoms with E-state index < -0.39 is 5.54 Å². The van der Waals surface area contributed by atoms with Crippen LogP contribution in [0.2, 0.25) is 0 Å². The topological polar surface area (TPSA) is 49.4 Å². The molecule has 0 aliphatic heterocycles. The van der Waals surface area contributed by atoms with Crippen LogP contribution in [-0.2, 0) is 9.59 Å². The summed E-state index contributed by atoms with van der Waals surface area (Å²) >= 11 is 0. The number of carbonyl (C=O) groups is 2. The number of nitrogens with one attached hydrogen (secondary N) is 1. The van der Waals surface area contributed by atoms with Crippen molar-refractivity contribution in [3.63, 3.8) is 0 Å². The highest BCUT2D eigenvalue weighted by molar-refractivity contribution is 5.98. The maximum atomic E-state index is 11.7. The lowest BCUT2D eigenvalue weighted by Gasteiger charge is -2.28. The molecular weight excluding hydrogens is 168 g/mol. The van der Waals surface area contributed by atoms with Gasteiger partial charge in [-0.3, -0.25) is 14.5 Å². The Morgan fingerprint density at radius 3 is 2.08 bits per heavy atom. The van der Waals surface area contributed by atoms with Crippen LogP contribution in [0.3, 0.4) is 0 Å². The molecule has 0 unspecified atom stereocenters. The molecule has 2 amide bonds. The molecule has 0 heterocycles. The van der Waals surface area contributed by atoms with Gasteiger partial charge in [0.2, 0.25) is 11.8 Å². The van der Waals surface area contributed by atoms with Gasteiger partial charge in [-0.1, -0.05) is 0 Å². The second kappa shape index (κ2) is 4.37. The third-order valence-corrected chi connectivity index (χ3v) is 2.10. The highest BCUT2D eigenvalue weighted by Crippen LogP contribution is 2.07. The van der Waals surface area contributed by atoms with Crippen LogP contribution in [0, 0.1) is 0 Å². The van der Waals surface area contributed by atoms with Crippen LogP contribution in [-0.4, -0.2) is 35.8 Å². The lowest BCUT2D eigenvalue weighted by Crippen LogP contribution is -2.54. The van der Waals surface area contributed by atoms with Crippen molar-refractivity contribution in [1.29, 1.82) is 0 Å². The molecule has 0 radical (unpaired) electrons. The Morgan fingerprint density at radius 1 is 1.38 bits per heavy atom. The number of likely N-dealkylation sites (N-methyl/N-ethyl adjacent to an activating group) is 2. The van der Waals surface area contributed by atoms with Crippen molar-refractivity contribution in [1.82, 2.24) is 10.2 Å². The van der Waals surface area contributed by atoms with Crippen molar-refractivity contribution in [2.75, 3.05) is 13.6 Å². The molecule has 0 fully saturated rings. The van der Waals surface area contributed by atoms with E-state index in [1.54, 1.807) is 27.8 Å². The summed E-state index contributed by atoms with van der Waals surface area (Å²) in [5, 5.41) is 2.87. The fraction of sp³-hybridized carbons (Fsp3) is 0.778. The quantitative estimate of drug-likeness (QED) is 0.693. The lowest BCUT2D eigenvalue weighted by molar-refractivity contribution is -0.146. The zero-order valence-corrected chi connectivity index (χ0v) is 8.97. The first-order chi connectivity index (χ1) is 5.86. The molecule has 4 nitrogen and oxygen atoms in total. The SMILES string of the molecule is CCN(C(C)=O)C(=O)C(C)(C)NC. The van der Waals surface area contributed by atoms with Gasteiger partial charge in [0, 0.05) is 13.5 Å². The summed E-state index contributed by atoms with van der Waals surface area (Å²) in [6, 6.07) is 0. The number of carbonyl (C=O) groups excluding carboxylic acids is 2. The van der Waals surface area contributed by atoms with Crippen LogP contribution in [0.1, 0.15) is 27.7 Å². The minimum atomic E-state index is -0.679. The van der Waals surface area contributed by atoms with E-state index in [4.69, 9.17) is 0 Å². The van der Waals surface area contributed by atoms with Crippen LogP contribution in [0.15, 0.2) is 0 Å². The molecular formula is C9H18N2O2. The van der Waals surface area contributed by atoms with E-state index in [-0.39, 0.29) is 11.8 Å². The van der Waals surface area contributed by atoms with Crippen molar-refractivity contribution < 1.29 is 9.59 Å². The first-order valence-electron chi connectivity index (χ1n) is 4.38. The van der Waals surface area contributed by atoms with Crippen LogP contribution < -0.4 is 5.32 Å². The highest BCUT2D eigenvalue weighted by atomic mass is 16.2. The summed E-state index contributed by atoms with van der Waals surface area (Å²) in [6.45, 7) is 7.10. The second-order valence-corrected chi connectivity index (χ2v) is 3.44. The molecule has 0 aliphatic carbocycles. The Balaban J connectivity index is 4.65. The minimum Gasteiger partial charge on any atom is -0.307 e. The molecule has 0 aromatic heterocycles. The summed E-state index contributed by atoms with van der Waals surface area (Å²) < 4.78 is 0. The summed E-state index contributed by atoms with van der Waals surface area (Å²) in [7, 11) is 1.70. The Morgan fingerprint density at radius 2 is 1.85 bits per heavy atom. The maximum absolute atomic E-state index is 11.7. The summed E-state index contributed by atoms with van der Waals surface area (Å²) in [6.07, 6.45) is 0. The van der Waals surface area contributed by atoms with Gasteiger partial charge < -0.3 is 5.32 Å². The van der Waals surface area contributed by atoms with Crippen molar-refractivity contribution in [3.05, 3.63) is 0 Å². The zero-order valence-electron chi connectivity index (χ0n) is 8.97. The minimum absolute atomic E-state index is 0.190. The van der Waals surface area contributed by atoms with Gasteiger partial charge in [-0.25, -0.2) is 0 Å². The van der Waals surface area contributed by atoms with Crippen molar-refractivity contribution in [2.45, 2.75) is 33.2 Å². The number of hydrogen-bond donors (Lipinski definition) is 1. The smallest absolute Gasteiger partial charge is 0.248 e. The number of hydrogen-bond acceptors (Lipinski definition) is 3. The van der Waals surface area contributed by atoms with Crippen molar-refractivity contribution in [2.24, 2.45) is 0 Å². The van der Waals surface area contributed by atoms with E-state index in [2.05, 4.69) is 5.32 Å². The van der Waals surface area contributed by atoms with E-state index in [0.29, 0.717) is 6.54 Å². The maximum Gasteiger partial charge on any atom is 0.248 e. The van der Waals surface area contributed by atoms with E-state index in [1.807, 2.05) is 0 Å². The molecule has 0 aromatic carbocycles. The standard InChI is InChI=1S/C9H18N2O2/c1-6-11(7(2)12)8(13)9(3,4)10-5/h10H,6H2,1-5H3. The summed E-state index contributed by atoms with van der Waals surface area (Å²) in [5.41, 5.74) is -0.679. The highest BCUT2D eigenvalue weighted by Gasteiger charge is 2.31. The molecule has 0 spiro atoms. The van der Waals surface area contributed by atoms with Crippen LogP contribution >= 0.6 is 0 Å². The average Bonchev–Trinajstić information content (AvgIpc) is 2.05. The first kappa shape index (κ1) is 12.1. The van der Waals surface area contributed by atoms with Crippen LogP contribution in [0.5, 0.6) is 0 Å².